The Balaban J connectivity index is 1.58. The summed E-state index contributed by atoms with van der Waals surface area (Å²) >= 11 is 0. The number of benzene rings is 1. The van der Waals surface area contributed by atoms with Crippen LogP contribution < -0.4 is 10.1 Å². The third-order valence-corrected chi connectivity index (χ3v) is 4.65. The molecule has 0 spiro atoms. The average Bonchev–Trinajstić information content (AvgIpc) is 3.25. The van der Waals surface area contributed by atoms with Crippen molar-refractivity contribution in [2.75, 3.05) is 20.2 Å². The van der Waals surface area contributed by atoms with Crippen LogP contribution in [0.4, 0.5) is 0 Å². The van der Waals surface area contributed by atoms with Gasteiger partial charge in [0.25, 0.3) is 0 Å². The predicted octanol–water partition coefficient (Wildman–Crippen LogP) is 2.97. The average molecular weight is 274 g/mol. The van der Waals surface area contributed by atoms with Crippen LogP contribution in [0.3, 0.4) is 0 Å². The highest BCUT2D eigenvalue weighted by molar-refractivity contribution is 5.29. The molecule has 0 bridgehead atoms. The summed E-state index contributed by atoms with van der Waals surface area (Å²) in [5, 5.41) is 3.85. The maximum atomic E-state index is 5.24. The molecule has 20 heavy (non-hydrogen) atoms. The van der Waals surface area contributed by atoms with E-state index < -0.39 is 0 Å². The van der Waals surface area contributed by atoms with Crippen molar-refractivity contribution in [2.45, 2.75) is 50.7 Å². The molecule has 1 heterocycles. The Hall–Kier alpha value is -1.06. The molecule has 3 rings (SSSR count). The van der Waals surface area contributed by atoms with Gasteiger partial charge in [-0.25, -0.2) is 0 Å². The van der Waals surface area contributed by atoms with E-state index in [2.05, 4.69) is 41.4 Å². The molecule has 2 aliphatic rings. The summed E-state index contributed by atoms with van der Waals surface area (Å²) < 4.78 is 5.24. The molecule has 110 valence electrons. The van der Waals surface area contributed by atoms with Crippen molar-refractivity contribution in [3.63, 3.8) is 0 Å². The first-order valence-corrected chi connectivity index (χ1v) is 7.94. The van der Waals surface area contributed by atoms with E-state index in [1.54, 1.807) is 7.11 Å². The molecule has 2 fully saturated rings. The van der Waals surface area contributed by atoms with Gasteiger partial charge in [-0.2, -0.15) is 0 Å². The quantitative estimate of drug-likeness (QED) is 0.863. The van der Waals surface area contributed by atoms with Crippen LogP contribution in [0, 0.1) is 0 Å². The Bertz CT molecular complexity index is 427. The van der Waals surface area contributed by atoms with Crippen molar-refractivity contribution in [1.29, 1.82) is 0 Å². The largest absolute Gasteiger partial charge is 0.497 e. The lowest BCUT2D eigenvalue weighted by Crippen LogP contribution is -2.35. The Morgan fingerprint density at radius 3 is 2.60 bits per heavy atom. The molecular weight excluding hydrogens is 248 g/mol. The van der Waals surface area contributed by atoms with Crippen molar-refractivity contribution in [2.24, 2.45) is 0 Å². The minimum atomic E-state index is 0.463. The van der Waals surface area contributed by atoms with Crippen LogP contribution in [0.5, 0.6) is 5.75 Å². The van der Waals surface area contributed by atoms with E-state index in [-0.39, 0.29) is 0 Å². The van der Waals surface area contributed by atoms with Crippen molar-refractivity contribution in [1.82, 2.24) is 10.2 Å². The molecule has 2 unspecified atom stereocenters. The second kappa shape index (κ2) is 6.15. The second-order valence-electron chi connectivity index (χ2n) is 6.11. The summed E-state index contributed by atoms with van der Waals surface area (Å²) in [6.07, 6.45) is 5.26. The summed E-state index contributed by atoms with van der Waals surface area (Å²) in [5.41, 5.74) is 1.37. The summed E-state index contributed by atoms with van der Waals surface area (Å²) in [5.74, 6) is 0.935. The van der Waals surface area contributed by atoms with Crippen LogP contribution in [0.1, 0.15) is 44.2 Å². The van der Waals surface area contributed by atoms with Gasteiger partial charge in [-0.05, 0) is 43.4 Å². The van der Waals surface area contributed by atoms with Gasteiger partial charge in [0.05, 0.1) is 7.11 Å². The Kier molecular flexibility index (Phi) is 4.27. The molecule has 0 radical (unpaired) electrons. The number of rotatable bonds is 6. The van der Waals surface area contributed by atoms with Gasteiger partial charge in [-0.15, -0.1) is 0 Å². The predicted molar refractivity (Wildman–Crippen MR) is 82.2 cm³/mol. The number of nitrogens with one attached hydrogen (secondary N) is 1. The fourth-order valence-corrected chi connectivity index (χ4v) is 3.27. The summed E-state index contributed by atoms with van der Waals surface area (Å²) in [6, 6.07) is 10.5. The molecule has 3 nitrogen and oxygen atoms in total. The molecule has 1 saturated heterocycles. The summed E-state index contributed by atoms with van der Waals surface area (Å²) in [4.78, 5) is 2.67. The lowest BCUT2D eigenvalue weighted by Gasteiger charge is -2.23. The minimum Gasteiger partial charge on any atom is -0.497 e. The Morgan fingerprint density at radius 1 is 1.25 bits per heavy atom. The normalized spacial score (nSPS) is 24.8. The lowest BCUT2D eigenvalue weighted by atomic mass is 10.0. The van der Waals surface area contributed by atoms with Gasteiger partial charge >= 0.3 is 0 Å². The van der Waals surface area contributed by atoms with Gasteiger partial charge in [-0.3, -0.25) is 4.90 Å². The van der Waals surface area contributed by atoms with Crippen LogP contribution in [-0.2, 0) is 0 Å². The first-order valence-electron chi connectivity index (χ1n) is 7.94. The highest BCUT2D eigenvalue weighted by atomic mass is 16.5. The van der Waals surface area contributed by atoms with E-state index in [0.717, 1.165) is 18.2 Å². The zero-order chi connectivity index (χ0) is 13.9. The highest BCUT2D eigenvalue weighted by Crippen LogP contribution is 2.30. The maximum Gasteiger partial charge on any atom is 0.118 e. The number of ether oxygens (including phenoxy) is 1. The molecule has 1 saturated carbocycles. The summed E-state index contributed by atoms with van der Waals surface area (Å²) in [7, 11) is 1.72. The monoisotopic (exact) mass is 274 g/mol. The lowest BCUT2D eigenvalue weighted by molar-refractivity contribution is 0.311. The molecule has 1 aromatic rings. The Labute approximate surface area is 122 Å². The van der Waals surface area contributed by atoms with Crippen LogP contribution in [-0.4, -0.2) is 37.2 Å². The Morgan fingerprint density at radius 2 is 2.00 bits per heavy atom. The zero-order valence-corrected chi connectivity index (χ0v) is 12.6. The molecule has 1 aliphatic carbocycles. The van der Waals surface area contributed by atoms with E-state index in [1.807, 2.05) is 0 Å². The molecule has 1 aromatic carbocycles. The third kappa shape index (κ3) is 3.15. The SMILES string of the molecule is CCC(NC1CCN(C2CC2)C1)c1ccc(OC)cc1. The van der Waals surface area contributed by atoms with E-state index in [4.69, 9.17) is 4.74 Å². The molecule has 1 aliphatic heterocycles. The van der Waals surface area contributed by atoms with Crippen LogP contribution in [0.25, 0.3) is 0 Å². The highest BCUT2D eigenvalue weighted by Gasteiger charge is 2.34. The van der Waals surface area contributed by atoms with E-state index in [0.29, 0.717) is 12.1 Å². The molecule has 1 N–H and O–H groups in total. The molecule has 0 amide bonds. The van der Waals surface area contributed by atoms with Gasteiger partial charge in [-0.1, -0.05) is 19.1 Å². The van der Waals surface area contributed by atoms with Crippen molar-refractivity contribution in [3.8, 4) is 5.75 Å². The number of methoxy groups -OCH3 is 1. The number of nitrogens with zero attached hydrogens (tertiary/aromatic N) is 1. The van der Waals surface area contributed by atoms with E-state index >= 15 is 0 Å². The fraction of sp³-hybridized carbons (Fsp3) is 0.647. The van der Waals surface area contributed by atoms with Crippen LogP contribution in [0.15, 0.2) is 24.3 Å². The van der Waals surface area contributed by atoms with Crippen LogP contribution >= 0.6 is 0 Å². The number of likely N-dealkylation sites (tertiary alicyclic amines) is 1. The molecule has 2 atom stereocenters. The van der Waals surface area contributed by atoms with Crippen molar-refractivity contribution < 1.29 is 4.74 Å². The molecule has 0 aromatic heterocycles. The van der Waals surface area contributed by atoms with Crippen molar-refractivity contribution in [3.05, 3.63) is 29.8 Å². The second-order valence-corrected chi connectivity index (χ2v) is 6.11. The van der Waals surface area contributed by atoms with Gasteiger partial charge in [0, 0.05) is 31.2 Å². The summed E-state index contributed by atoms with van der Waals surface area (Å²) in [6.45, 7) is 4.77. The topological polar surface area (TPSA) is 24.5 Å². The number of hydrogen-bond donors (Lipinski definition) is 1. The van der Waals surface area contributed by atoms with Gasteiger partial charge < -0.3 is 10.1 Å². The standard InChI is InChI=1S/C17H26N2O/c1-3-17(13-4-8-16(20-2)9-5-13)18-14-10-11-19(12-14)15-6-7-15/h4-5,8-9,14-15,17-18H,3,6-7,10-12H2,1-2H3. The van der Waals surface area contributed by atoms with Gasteiger partial charge in [0.15, 0.2) is 0 Å². The minimum absolute atomic E-state index is 0.463. The van der Waals surface area contributed by atoms with Crippen molar-refractivity contribution >= 4 is 0 Å². The van der Waals surface area contributed by atoms with E-state index in [1.165, 1.54) is 37.9 Å². The third-order valence-electron chi connectivity index (χ3n) is 4.65. The van der Waals surface area contributed by atoms with Crippen LogP contribution in [0.2, 0.25) is 0 Å². The van der Waals surface area contributed by atoms with Gasteiger partial charge in [0.2, 0.25) is 0 Å². The zero-order valence-electron chi connectivity index (χ0n) is 12.6. The van der Waals surface area contributed by atoms with Gasteiger partial charge in [0.1, 0.15) is 5.75 Å². The van der Waals surface area contributed by atoms with E-state index in [9.17, 15) is 0 Å². The first-order chi connectivity index (χ1) is 9.80. The first kappa shape index (κ1) is 13.9. The molecule has 3 heteroatoms. The fourth-order valence-electron chi connectivity index (χ4n) is 3.27. The maximum absolute atomic E-state index is 5.24. The molecular formula is C17H26N2O. The smallest absolute Gasteiger partial charge is 0.118 e. The number of hydrogen-bond acceptors (Lipinski definition) is 3.